The van der Waals surface area contributed by atoms with E-state index in [1.165, 1.54) is 0 Å². The minimum atomic E-state index is -0.195. The molecule has 2 aromatic heterocycles. The lowest BCUT2D eigenvalue weighted by Crippen LogP contribution is -1.90. The van der Waals surface area contributed by atoms with Gasteiger partial charge in [0.25, 0.3) is 5.89 Å². The van der Waals surface area contributed by atoms with Gasteiger partial charge < -0.3 is 4.52 Å². The molecule has 0 bridgehead atoms. The van der Waals surface area contributed by atoms with E-state index in [0.717, 1.165) is 12.0 Å². The van der Waals surface area contributed by atoms with Gasteiger partial charge in [-0.25, -0.2) is 0 Å². The number of rotatable bonds is 3. The van der Waals surface area contributed by atoms with Crippen LogP contribution in [0.5, 0.6) is 0 Å². The lowest BCUT2D eigenvalue weighted by atomic mass is 10.3. The number of hydrogen-bond acceptors (Lipinski definition) is 4. The molecule has 0 fully saturated rings. The van der Waals surface area contributed by atoms with E-state index in [-0.39, 0.29) is 5.38 Å². The van der Waals surface area contributed by atoms with Crippen LogP contribution in [0.2, 0.25) is 0 Å². The highest BCUT2D eigenvalue weighted by molar-refractivity contribution is 6.20. The van der Waals surface area contributed by atoms with Crippen molar-refractivity contribution in [1.82, 2.24) is 20.3 Å². The molecule has 5 nitrogen and oxygen atoms in total. The van der Waals surface area contributed by atoms with E-state index in [0.29, 0.717) is 11.7 Å². The van der Waals surface area contributed by atoms with Crippen molar-refractivity contribution in [2.24, 2.45) is 0 Å². The molecular formula is C8H9ClN4O. The van der Waals surface area contributed by atoms with Crippen LogP contribution in [0.1, 0.15) is 24.5 Å². The highest BCUT2D eigenvalue weighted by Gasteiger charge is 2.15. The average molecular weight is 213 g/mol. The predicted molar refractivity (Wildman–Crippen MR) is 50.8 cm³/mol. The molecule has 1 unspecified atom stereocenters. The SMILES string of the molecule is CCC(Cl)c1noc(-c2cn[nH]c2)n1. The van der Waals surface area contributed by atoms with Gasteiger partial charge in [0.05, 0.1) is 17.1 Å². The van der Waals surface area contributed by atoms with E-state index in [9.17, 15) is 0 Å². The normalized spacial score (nSPS) is 13.0. The zero-order valence-corrected chi connectivity index (χ0v) is 8.32. The second-order valence-electron chi connectivity index (χ2n) is 2.82. The second kappa shape index (κ2) is 3.79. The Labute approximate surface area is 85.5 Å². The summed E-state index contributed by atoms with van der Waals surface area (Å²) < 4.78 is 5.03. The van der Waals surface area contributed by atoms with E-state index in [2.05, 4.69) is 20.3 Å². The quantitative estimate of drug-likeness (QED) is 0.792. The smallest absolute Gasteiger partial charge is 0.261 e. The van der Waals surface area contributed by atoms with Gasteiger partial charge in [-0.05, 0) is 6.42 Å². The monoisotopic (exact) mass is 212 g/mol. The van der Waals surface area contributed by atoms with Gasteiger partial charge in [0.1, 0.15) is 0 Å². The van der Waals surface area contributed by atoms with Crippen molar-refractivity contribution >= 4 is 11.6 Å². The lowest BCUT2D eigenvalue weighted by Gasteiger charge is -1.95. The maximum Gasteiger partial charge on any atom is 0.261 e. The molecule has 0 amide bonds. The van der Waals surface area contributed by atoms with Crippen molar-refractivity contribution in [3.63, 3.8) is 0 Å². The summed E-state index contributed by atoms with van der Waals surface area (Å²) in [7, 11) is 0. The van der Waals surface area contributed by atoms with Gasteiger partial charge in [-0.2, -0.15) is 10.1 Å². The highest BCUT2D eigenvalue weighted by Crippen LogP contribution is 2.23. The number of aromatic nitrogens is 4. The van der Waals surface area contributed by atoms with Gasteiger partial charge in [0.15, 0.2) is 5.82 Å². The summed E-state index contributed by atoms with van der Waals surface area (Å²) >= 11 is 5.96. The summed E-state index contributed by atoms with van der Waals surface area (Å²) in [5.41, 5.74) is 0.767. The third-order valence-corrected chi connectivity index (χ3v) is 2.33. The van der Waals surface area contributed by atoms with Crippen molar-refractivity contribution in [3.8, 4) is 11.5 Å². The van der Waals surface area contributed by atoms with Gasteiger partial charge in [-0.1, -0.05) is 12.1 Å². The van der Waals surface area contributed by atoms with Crippen LogP contribution in [0.15, 0.2) is 16.9 Å². The molecule has 0 aliphatic rings. The molecule has 2 rings (SSSR count). The van der Waals surface area contributed by atoms with E-state index in [1.54, 1.807) is 12.4 Å². The van der Waals surface area contributed by atoms with Crippen LogP contribution in [0.3, 0.4) is 0 Å². The van der Waals surface area contributed by atoms with Gasteiger partial charge in [-0.3, -0.25) is 5.10 Å². The van der Waals surface area contributed by atoms with Crippen LogP contribution < -0.4 is 0 Å². The van der Waals surface area contributed by atoms with Crippen LogP contribution in [-0.2, 0) is 0 Å². The molecule has 0 saturated heterocycles. The van der Waals surface area contributed by atoms with E-state index in [1.807, 2.05) is 6.92 Å². The summed E-state index contributed by atoms with van der Waals surface area (Å²) in [4.78, 5) is 4.15. The molecule has 6 heteroatoms. The molecule has 0 aromatic carbocycles. The Hall–Kier alpha value is -1.36. The zero-order chi connectivity index (χ0) is 9.97. The number of nitrogens with zero attached hydrogens (tertiary/aromatic N) is 3. The average Bonchev–Trinajstić information content (AvgIpc) is 2.86. The molecule has 1 N–H and O–H groups in total. The number of nitrogens with one attached hydrogen (secondary N) is 1. The molecule has 0 aliphatic carbocycles. The number of hydrogen-bond donors (Lipinski definition) is 1. The zero-order valence-electron chi connectivity index (χ0n) is 7.57. The third-order valence-electron chi connectivity index (χ3n) is 1.83. The fraction of sp³-hybridized carbons (Fsp3) is 0.375. The number of halogens is 1. The molecule has 74 valence electrons. The third kappa shape index (κ3) is 1.63. The molecule has 14 heavy (non-hydrogen) atoms. The lowest BCUT2D eigenvalue weighted by molar-refractivity contribution is 0.421. The van der Waals surface area contributed by atoms with Gasteiger partial charge in [-0.15, -0.1) is 11.6 Å². The summed E-state index contributed by atoms with van der Waals surface area (Å²) in [5.74, 6) is 0.957. The first-order valence-electron chi connectivity index (χ1n) is 4.28. The standard InChI is InChI=1S/C8H9ClN4O/c1-2-6(9)7-12-8(14-13-7)5-3-10-11-4-5/h3-4,6H,2H2,1H3,(H,10,11). The van der Waals surface area contributed by atoms with Crippen LogP contribution in [0.4, 0.5) is 0 Å². The fourth-order valence-corrected chi connectivity index (χ4v) is 1.12. The van der Waals surface area contributed by atoms with Crippen LogP contribution in [0.25, 0.3) is 11.5 Å². The molecule has 0 saturated carbocycles. The van der Waals surface area contributed by atoms with Gasteiger partial charge in [0.2, 0.25) is 0 Å². The maximum absolute atomic E-state index is 5.96. The first kappa shape index (κ1) is 9.21. The number of aromatic amines is 1. The fourth-order valence-electron chi connectivity index (χ4n) is 1.03. The number of H-pyrrole nitrogens is 1. The van der Waals surface area contributed by atoms with Crippen LogP contribution in [0, 0.1) is 0 Å². The summed E-state index contributed by atoms with van der Waals surface area (Å²) in [6, 6.07) is 0. The Morgan fingerprint density at radius 3 is 3.14 bits per heavy atom. The molecule has 0 aliphatic heterocycles. The number of alkyl halides is 1. The Morgan fingerprint density at radius 2 is 2.50 bits per heavy atom. The summed E-state index contributed by atoms with van der Waals surface area (Å²) in [5, 5.41) is 10.0. The van der Waals surface area contributed by atoms with E-state index < -0.39 is 0 Å². The van der Waals surface area contributed by atoms with Crippen molar-refractivity contribution < 1.29 is 4.52 Å². The second-order valence-corrected chi connectivity index (χ2v) is 3.35. The molecule has 0 spiro atoms. The topological polar surface area (TPSA) is 67.6 Å². The minimum Gasteiger partial charge on any atom is -0.334 e. The first-order valence-corrected chi connectivity index (χ1v) is 4.71. The molecule has 2 aromatic rings. The first-order chi connectivity index (χ1) is 6.81. The maximum atomic E-state index is 5.96. The summed E-state index contributed by atoms with van der Waals surface area (Å²) in [6.45, 7) is 1.96. The largest absolute Gasteiger partial charge is 0.334 e. The molecule has 1 atom stereocenters. The Balaban J connectivity index is 2.26. The van der Waals surface area contributed by atoms with E-state index >= 15 is 0 Å². The minimum absolute atomic E-state index is 0.195. The predicted octanol–water partition coefficient (Wildman–Crippen LogP) is 2.15. The van der Waals surface area contributed by atoms with Gasteiger partial charge in [0, 0.05) is 6.20 Å². The molecule has 2 heterocycles. The Morgan fingerprint density at radius 1 is 1.64 bits per heavy atom. The van der Waals surface area contributed by atoms with Gasteiger partial charge >= 0.3 is 0 Å². The van der Waals surface area contributed by atoms with Crippen molar-refractivity contribution in [2.75, 3.05) is 0 Å². The van der Waals surface area contributed by atoms with Crippen molar-refractivity contribution in [1.29, 1.82) is 0 Å². The van der Waals surface area contributed by atoms with Crippen LogP contribution in [-0.4, -0.2) is 20.3 Å². The Kier molecular flexibility index (Phi) is 2.49. The van der Waals surface area contributed by atoms with E-state index in [4.69, 9.17) is 16.1 Å². The highest BCUT2D eigenvalue weighted by atomic mass is 35.5. The Bertz CT molecular complexity index is 397. The molecule has 0 radical (unpaired) electrons. The summed E-state index contributed by atoms with van der Waals surface area (Å²) in [6.07, 6.45) is 4.07. The van der Waals surface area contributed by atoms with Crippen molar-refractivity contribution in [3.05, 3.63) is 18.2 Å². The molecular weight excluding hydrogens is 204 g/mol. The van der Waals surface area contributed by atoms with Crippen LogP contribution >= 0.6 is 11.6 Å². The van der Waals surface area contributed by atoms with Crippen molar-refractivity contribution in [2.45, 2.75) is 18.7 Å².